The monoisotopic (exact) mass is 293 g/mol. The van der Waals surface area contributed by atoms with Crippen LogP contribution in [0.25, 0.3) is 10.8 Å². The molecule has 0 atom stereocenters. The number of benzene rings is 2. The highest BCUT2D eigenvalue weighted by molar-refractivity contribution is 5.82. The van der Waals surface area contributed by atoms with E-state index >= 15 is 0 Å². The molecule has 1 heterocycles. The molecule has 2 aromatic carbocycles. The molecule has 1 aromatic heterocycles. The van der Waals surface area contributed by atoms with Gasteiger partial charge in [-0.1, -0.05) is 76.2 Å². The molecule has 0 bridgehead atoms. The molecule has 0 unspecified atom stereocenters. The van der Waals surface area contributed by atoms with Gasteiger partial charge in [-0.25, -0.2) is 0 Å². The van der Waals surface area contributed by atoms with Crippen LogP contribution in [0.15, 0.2) is 67.0 Å². The lowest BCUT2D eigenvalue weighted by atomic mass is 10.1. The van der Waals surface area contributed by atoms with Gasteiger partial charge in [-0.15, -0.1) is 0 Å². The molecule has 0 aliphatic heterocycles. The summed E-state index contributed by atoms with van der Waals surface area (Å²) in [5.41, 5.74) is 2.71. The number of fused-ring (bicyclic) bond motifs is 1. The quantitative estimate of drug-likeness (QED) is 0.558. The van der Waals surface area contributed by atoms with E-state index in [9.17, 15) is 0 Å². The Morgan fingerprint density at radius 1 is 0.727 bits per heavy atom. The van der Waals surface area contributed by atoms with Crippen molar-refractivity contribution >= 4 is 10.8 Å². The third kappa shape index (κ3) is 5.69. The van der Waals surface area contributed by atoms with Gasteiger partial charge < -0.3 is 0 Å². The van der Waals surface area contributed by atoms with E-state index in [0.717, 1.165) is 12.8 Å². The van der Waals surface area contributed by atoms with E-state index in [0.29, 0.717) is 0 Å². The van der Waals surface area contributed by atoms with Crippen molar-refractivity contribution in [1.29, 1.82) is 0 Å². The summed E-state index contributed by atoms with van der Waals surface area (Å²) in [5.74, 6) is 0. The van der Waals surface area contributed by atoms with Crippen LogP contribution in [-0.4, -0.2) is 4.98 Å². The van der Waals surface area contributed by atoms with Crippen LogP contribution in [0, 0.1) is 0 Å². The smallest absolute Gasteiger partial charge is 0.0299 e. The van der Waals surface area contributed by atoms with Gasteiger partial charge in [0, 0.05) is 12.4 Å². The average molecular weight is 293 g/mol. The van der Waals surface area contributed by atoms with Gasteiger partial charge >= 0.3 is 0 Å². The topological polar surface area (TPSA) is 12.9 Å². The van der Waals surface area contributed by atoms with E-state index in [4.69, 9.17) is 0 Å². The minimum absolute atomic E-state index is 1.08. The molecule has 0 fully saturated rings. The lowest BCUT2D eigenvalue weighted by Crippen LogP contribution is -1.79. The number of nitrogens with zero attached hydrogens (tertiary/aromatic N) is 1. The van der Waals surface area contributed by atoms with Crippen LogP contribution in [-0.2, 0) is 12.8 Å². The normalized spacial score (nSPS) is 9.27. The van der Waals surface area contributed by atoms with Crippen molar-refractivity contribution in [2.75, 3.05) is 0 Å². The predicted octanol–water partition coefficient (Wildman–Crippen LogP) is 6.07. The van der Waals surface area contributed by atoms with Gasteiger partial charge in [0.15, 0.2) is 0 Å². The SMILES string of the molecule is CC.CCc1ccc2ccccc2c1.CCc1cccnc1. The predicted molar refractivity (Wildman–Crippen MR) is 98.3 cm³/mol. The van der Waals surface area contributed by atoms with E-state index < -0.39 is 0 Å². The number of hydrogen-bond acceptors (Lipinski definition) is 1. The number of pyridine rings is 1. The summed E-state index contributed by atoms with van der Waals surface area (Å²) in [5, 5.41) is 2.67. The van der Waals surface area contributed by atoms with Crippen LogP contribution < -0.4 is 0 Å². The van der Waals surface area contributed by atoms with Gasteiger partial charge in [-0.2, -0.15) is 0 Å². The summed E-state index contributed by atoms with van der Waals surface area (Å²) in [4.78, 5) is 3.96. The van der Waals surface area contributed by atoms with Crippen molar-refractivity contribution in [3.05, 3.63) is 78.1 Å². The van der Waals surface area contributed by atoms with Crippen LogP contribution in [0.5, 0.6) is 0 Å². The second kappa shape index (κ2) is 10.6. The first-order chi connectivity index (χ1) is 10.8. The summed E-state index contributed by atoms with van der Waals surface area (Å²) < 4.78 is 0. The van der Waals surface area contributed by atoms with E-state index in [2.05, 4.69) is 67.4 Å². The Bertz CT molecular complexity index is 644. The number of rotatable bonds is 2. The average Bonchev–Trinajstić information content (AvgIpc) is 2.64. The molecular weight excluding hydrogens is 266 g/mol. The molecule has 0 radical (unpaired) electrons. The summed E-state index contributed by atoms with van der Waals surface area (Å²) >= 11 is 0. The van der Waals surface area contributed by atoms with E-state index in [1.165, 1.54) is 21.9 Å². The van der Waals surface area contributed by atoms with Crippen molar-refractivity contribution in [2.24, 2.45) is 0 Å². The van der Waals surface area contributed by atoms with Gasteiger partial charge in [0.1, 0.15) is 0 Å². The zero-order valence-electron chi connectivity index (χ0n) is 14.2. The number of aryl methyl sites for hydroxylation is 2. The van der Waals surface area contributed by atoms with E-state index in [-0.39, 0.29) is 0 Å². The molecule has 116 valence electrons. The molecule has 0 saturated heterocycles. The molecule has 0 N–H and O–H groups in total. The Balaban J connectivity index is 0.000000211. The first-order valence-electron chi connectivity index (χ1n) is 8.20. The molecule has 0 aliphatic carbocycles. The first-order valence-corrected chi connectivity index (χ1v) is 8.20. The van der Waals surface area contributed by atoms with Gasteiger partial charge in [0.25, 0.3) is 0 Å². The van der Waals surface area contributed by atoms with Crippen molar-refractivity contribution < 1.29 is 0 Å². The van der Waals surface area contributed by atoms with Crippen LogP contribution in [0.3, 0.4) is 0 Å². The maximum atomic E-state index is 3.96. The van der Waals surface area contributed by atoms with Crippen molar-refractivity contribution in [3.63, 3.8) is 0 Å². The highest BCUT2D eigenvalue weighted by Crippen LogP contribution is 2.15. The number of aromatic nitrogens is 1. The molecule has 1 nitrogen and oxygen atoms in total. The Labute approximate surface area is 135 Å². The molecule has 3 aromatic rings. The van der Waals surface area contributed by atoms with Gasteiger partial charge in [-0.3, -0.25) is 4.98 Å². The first kappa shape index (κ1) is 17.9. The third-order valence-electron chi connectivity index (χ3n) is 3.35. The highest BCUT2D eigenvalue weighted by Gasteiger charge is 1.92. The maximum absolute atomic E-state index is 3.96. The standard InChI is InChI=1S/C12H12.C7H9N.C2H6/c1-2-10-7-8-11-5-3-4-6-12(11)9-10;1-2-7-4-3-5-8-6-7;1-2/h3-9H,2H2,1H3;3-6H,2H2,1H3;1-2H3. The molecule has 3 rings (SSSR count). The zero-order valence-corrected chi connectivity index (χ0v) is 14.2. The largest absolute Gasteiger partial charge is 0.264 e. The second-order valence-corrected chi connectivity index (χ2v) is 4.75. The molecule has 0 amide bonds. The molecule has 1 heteroatoms. The number of hydrogen-bond donors (Lipinski definition) is 0. The van der Waals surface area contributed by atoms with E-state index in [1.54, 1.807) is 6.20 Å². The van der Waals surface area contributed by atoms with Crippen molar-refractivity contribution in [2.45, 2.75) is 40.5 Å². The molecular formula is C21H27N. The fourth-order valence-electron chi connectivity index (χ4n) is 2.07. The Morgan fingerprint density at radius 2 is 1.41 bits per heavy atom. The van der Waals surface area contributed by atoms with Gasteiger partial charge in [0.2, 0.25) is 0 Å². The third-order valence-corrected chi connectivity index (χ3v) is 3.35. The minimum Gasteiger partial charge on any atom is -0.264 e. The zero-order chi connectivity index (χ0) is 16.2. The minimum atomic E-state index is 1.08. The van der Waals surface area contributed by atoms with Crippen molar-refractivity contribution in [1.82, 2.24) is 4.98 Å². The van der Waals surface area contributed by atoms with E-state index in [1.807, 2.05) is 26.1 Å². The maximum Gasteiger partial charge on any atom is 0.0299 e. The van der Waals surface area contributed by atoms with Crippen LogP contribution in [0.2, 0.25) is 0 Å². The highest BCUT2D eigenvalue weighted by atomic mass is 14.6. The summed E-state index contributed by atoms with van der Waals surface area (Å²) in [6, 6.07) is 19.1. The van der Waals surface area contributed by atoms with Gasteiger partial charge in [-0.05, 0) is 40.8 Å². The molecule has 0 saturated carbocycles. The lowest BCUT2D eigenvalue weighted by molar-refractivity contribution is 1.10. The summed E-state index contributed by atoms with van der Waals surface area (Å²) in [6.07, 6.45) is 5.87. The summed E-state index contributed by atoms with van der Waals surface area (Å²) in [7, 11) is 0. The summed E-state index contributed by atoms with van der Waals surface area (Å²) in [6.45, 7) is 8.31. The Morgan fingerprint density at radius 3 is 1.95 bits per heavy atom. The fraction of sp³-hybridized carbons (Fsp3) is 0.286. The van der Waals surface area contributed by atoms with Crippen LogP contribution in [0.4, 0.5) is 0 Å². The molecule has 22 heavy (non-hydrogen) atoms. The van der Waals surface area contributed by atoms with Gasteiger partial charge in [0.05, 0.1) is 0 Å². The Kier molecular flexibility index (Phi) is 8.59. The molecule has 0 aliphatic rings. The Hall–Kier alpha value is -2.15. The van der Waals surface area contributed by atoms with Crippen LogP contribution in [0.1, 0.15) is 38.8 Å². The second-order valence-electron chi connectivity index (χ2n) is 4.75. The van der Waals surface area contributed by atoms with Crippen molar-refractivity contribution in [3.8, 4) is 0 Å². The molecule has 0 spiro atoms. The van der Waals surface area contributed by atoms with Crippen LogP contribution >= 0.6 is 0 Å². The fourth-order valence-corrected chi connectivity index (χ4v) is 2.07. The lowest BCUT2D eigenvalue weighted by Gasteiger charge is -1.99.